The van der Waals surface area contributed by atoms with Crippen molar-refractivity contribution in [3.05, 3.63) is 108 Å². The molecule has 0 spiro atoms. The third-order valence-corrected chi connectivity index (χ3v) is 7.05. The Bertz CT molecular complexity index is 1660. The van der Waals surface area contributed by atoms with E-state index in [4.69, 9.17) is 4.42 Å². The van der Waals surface area contributed by atoms with Crippen molar-refractivity contribution in [3.8, 4) is 22.5 Å². The number of fused-ring (bicyclic) bond motifs is 7. The highest BCUT2D eigenvalue weighted by Gasteiger charge is 2.31. The van der Waals surface area contributed by atoms with E-state index >= 15 is 0 Å². The highest BCUT2D eigenvalue weighted by atomic mass is 16.3. The minimum absolute atomic E-state index is 0.415. The normalized spacial score (nSPS) is 14.8. The average molecular weight is 441 g/mol. The molecule has 0 bridgehead atoms. The highest BCUT2D eigenvalue weighted by Crippen LogP contribution is 2.48. The summed E-state index contributed by atoms with van der Waals surface area (Å²) in [6, 6.07) is 34.0. The standard InChI is InChI=1S/C31H24N2O/c1-19-18-25-23-11-7-13-27(32-22-16-14-21(15-17-22)20-8-3-2-4-9-20)30(23)34-31(25)28-24-10-5-6-12-26(24)33-29(19)28/h2-17,19,32-33H,18H2,1H3. The van der Waals surface area contributed by atoms with Gasteiger partial charge in [-0.15, -0.1) is 0 Å². The Balaban J connectivity index is 1.32. The molecule has 0 amide bonds. The summed E-state index contributed by atoms with van der Waals surface area (Å²) >= 11 is 0. The van der Waals surface area contributed by atoms with Gasteiger partial charge >= 0.3 is 0 Å². The van der Waals surface area contributed by atoms with Crippen LogP contribution in [0.15, 0.2) is 101 Å². The number of para-hydroxylation sites is 2. The lowest BCUT2D eigenvalue weighted by Crippen LogP contribution is -2.06. The van der Waals surface area contributed by atoms with Crippen LogP contribution >= 0.6 is 0 Å². The van der Waals surface area contributed by atoms with Gasteiger partial charge in [-0.25, -0.2) is 0 Å². The molecule has 4 aromatic carbocycles. The average Bonchev–Trinajstić information content (AvgIpc) is 3.45. The molecule has 164 valence electrons. The summed E-state index contributed by atoms with van der Waals surface area (Å²) in [6.07, 6.45) is 0.970. The van der Waals surface area contributed by atoms with Crippen LogP contribution in [0.4, 0.5) is 11.4 Å². The van der Waals surface area contributed by atoms with Gasteiger partial charge in [0.05, 0.1) is 5.69 Å². The highest BCUT2D eigenvalue weighted by molar-refractivity contribution is 6.04. The molecule has 1 aliphatic rings. The molecule has 2 heterocycles. The molecule has 2 N–H and O–H groups in total. The molecule has 1 atom stereocenters. The van der Waals surface area contributed by atoms with Crippen molar-refractivity contribution in [3.63, 3.8) is 0 Å². The lowest BCUT2D eigenvalue weighted by Gasteiger charge is -2.18. The van der Waals surface area contributed by atoms with E-state index in [0.717, 1.165) is 29.1 Å². The molecule has 3 heteroatoms. The van der Waals surface area contributed by atoms with Gasteiger partial charge in [0.1, 0.15) is 5.76 Å². The molecule has 34 heavy (non-hydrogen) atoms. The number of hydrogen-bond donors (Lipinski definition) is 2. The monoisotopic (exact) mass is 440 g/mol. The van der Waals surface area contributed by atoms with E-state index in [1.165, 1.54) is 44.2 Å². The quantitative estimate of drug-likeness (QED) is 0.289. The number of anilines is 2. The molecular weight excluding hydrogens is 416 g/mol. The molecule has 6 aromatic rings. The summed E-state index contributed by atoms with van der Waals surface area (Å²) in [7, 11) is 0. The molecule has 3 nitrogen and oxygen atoms in total. The number of aromatic nitrogens is 1. The first kappa shape index (κ1) is 19.2. The first-order valence-electron chi connectivity index (χ1n) is 11.8. The summed E-state index contributed by atoms with van der Waals surface area (Å²) in [5, 5.41) is 6.03. The topological polar surface area (TPSA) is 41.0 Å². The van der Waals surface area contributed by atoms with E-state index < -0.39 is 0 Å². The number of benzene rings is 4. The van der Waals surface area contributed by atoms with Crippen LogP contribution in [-0.2, 0) is 6.42 Å². The van der Waals surface area contributed by atoms with Gasteiger partial charge in [0.25, 0.3) is 0 Å². The molecule has 0 aliphatic heterocycles. The number of H-pyrrole nitrogens is 1. The van der Waals surface area contributed by atoms with Gasteiger partial charge in [-0.1, -0.05) is 79.7 Å². The Hall–Kier alpha value is -4.24. The fraction of sp³-hybridized carbons (Fsp3) is 0.0968. The molecule has 0 saturated heterocycles. The van der Waals surface area contributed by atoms with Crippen LogP contribution in [0.1, 0.15) is 24.1 Å². The number of aromatic amines is 1. The zero-order valence-electron chi connectivity index (χ0n) is 18.9. The van der Waals surface area contributed by atoms with Gasteiger partial charge in [0.15, 0.2) is 5.58 Å². The molecule has 1 aliphatic carbocycles. The lowest BCUT2D eigenvalue weighted by molar-refractivity contribution is 0.611. The van der Waals surface area contributed by atoms with Gasteiger partial charge in [0.2, 0.25) is 0 Å². The summed E-state index contributed by atoms with van der Waals surface area (Å²) in [6.45, 7) is 2.30. The van der Waals surface area contributed by atoms with Crippen LogP contribution < -0.4 is 5.32 Å². The molecule has 0 fully saturated rings. The summed E-state index contributed by atoms with van der Waals surface area (Å²) in [5.74, 6) is 1.42. The van der Waals surface area contributed by atoms with E-state index in [2.05, 4.69) is 108 Å². The fourth-order valence-corrected chi connectivity index (χ4v) is 5.39. The van der Waals surface area contributed by atoms with E-state index in [0.29, 0.717) is 5.92 Å². The van der Waals surface area contributed by atoms with Crippen LogP contribution in [0.3, 0.4) is 0 Å². The van der Waals surface area contributed by atoms with Crippen molar-refractivity contribution >= 4 is 33.2 Å². The van der Waals surface area contributed by atoms with E-state index in [9.17, 15) is 0 Å². The van der Waals surface area contributed by atoms with Crippen LogP contribution in [0.25, 0.3) is 44.3 Å². The van der Waals surface area contributed by atoms with Gasteiger partial charge in [0, 0.05) is 44.7 Å². The molecular formula is C31H24N2O. The minimum atomic E-state index is 0.415. The molecule has 1 unspecified atom stereocenters. The van der Waals surface area contributed by atoms with Crippen LogP contribution in [-0.4, -0.2) is 4.98 Å². The Kier molecular flexibility index (Phi) is 4.18. The lowest BCUT2D eigenvalue weighted by atomic mass is 9.86. The van der Waals surface area contributed by atoms with Gasteiger partial charge in [-0.2, -0.15) is 0 Å². The SMILES string of the molecule is CC1Cc2c(oc3c(Nc4ccc(-c5ccccc5)cc4)cccc23)-c2c1[nH]c1ccccc21. The Morgan fingerprint density at radius 2 is 1.50 bits per heavy atom. The number of furan rings is 1. The molecule has 0 saturated carbocycles. The zero-order valence-corrected chi connectivity index (χ0v) is 18.9. The van der Waals surface area contributed by atoms with Gasteiger partial charge in [-0.3, -0.25) is 0 Å². The third-order valence-electron chi connectivity index (χ3n) is 7.05. The zero-order chi connectivity index (χ0) is 22.6. The largest absolute Gasteiger partial charge is 0.453 e. The second-order valence-corrected chi connectivity index (χ2v) is 9.22. The van der Waals surface area contributed by atoms with Crippen molar-refractivity contribution in [2.75, 3.05) is 5.32 Å². The Morgan fingerprint density at radius 3 is 2.35 bits per heavy atom. The number of rotatable bonds is 3. The maximum atomic E-state index is 6.65. The second kappa shape index (κ2) is 7.39. The predicted molar refractivity (Wildman–Crippen MR) is 141 cm³/mol. The molecule has 0 radical (unpaired) electrons. The number of hydrogen-bond acceptors (Lipinski definition) is 2. The predicted octanol–water partition coefficient (Wildman–Crippen LogP) is 8.65. The minimum Gasteiger partial charge on any atom is -0.453 e. The third kappa shape index (κ3) is 2.90. The summed E-state index contributed by atoms with van der Waals surface area (Å²) < 4.78 is 6.65. The maximum absolute atomic E-state index is 6.65. The van der Waals surface area contributed by atoms with Crippen LogP contribution in [0.2, 0.25) is 0 Å². The first-order chi connectivity index (χ1) is 16.8. The van der Waals surface area contributed by atoms with Crippen molar-refractivity contribution in [1.29, 1.82) is 0 Å². The van der Waals surface area contributed by atoms with E-state index in [-0.39, 0.29) is 0 Å². The van der Waals surface area contributed by atoms with Gasteiger partial charge < -0.3 is 14.7 Å². The maximum Gasteiger partial charge on any atom is 0.158 e. The van der Waals surface area contributed by atoms with Crippen LogP contribution in [0.5, 0.6) is 0 Å². The second-order valence-electron chi connectivity index (χ2n) is 9.22. The summed E-state index contributed by atoms with van der Waals surface area (Å²) in [4.78, 5) is 3.65. The van der Waals surface area contributed by atoms with Crippen molar-refractivity contribution in [2.45, 2.75) is 19.3 Å². The van der Waals surface area contributed by atoms with Crippen molar-refractivity contribution < 1.29 is 4.42 Å². The first-order valence-corrected chi connectivity index (χ1v) is 11.8. The van der Waals surface area contributed by atoms with Crippen molar-refractivity contribution in [1.82, 2.24) is 4.98 Å². The Labute approximate surface area is 198 Å². The molecule has 7 rings (SSSR count). The number of nitrogens with one attached hydrogen (secondary N) is 2. The fourth-order valence-electron chi connectivity index (χ4n) is 5.39. The van der Waals surface area contributed by atoms with Crippen molar-refractivity contribution in [2.24, 2.45) is 0 Å². The van der Waals surface area contributed by atoms with Gasteiger partial charge in [-0.05, 0) is 41.8 Å². The smallest absolute Gasteiger partial charge is 0.158 e. The van der Waals surface area contributed by atoms with E-state index in [1.54, 1.807) is 0 Å². The summed E-state index contributed by atoms with van der Waals surface area (Å²) in [5.41, 5.74) is 10.4. The Morgan fingerprint density at radius 1 is 0.765 bits per heavy atom. The van der Waals surface area contributed by atoms with E-state index in [1.807, 2.05) is 6.07 Å². The van der Waals surface area contributed by atoms with Crippen LogP contribution in [0, 0.1) is 0 Å². The molecule has 2 aromatic heterocycles.